The lowest BCUT2D eigenvalue weighted by atomic mass is 10.0. The fourth-order valence-electron chi connectivity index (χ4n) is 4.33. The summed E-state index contributed by atoms with van der Waals surface area (Å²) in [6, 6.07) is 2.58. The second-order valence-corrected chi connectivity index (χ2v) is 8.85. The van der Waals surface area contributed by atoms with Gasteiger partial charge in [-0.15, -0.1) is 0 Å². The van der Waals surface area contributed by atoms with Gasteiger partial charge in [-0.2, -0.15) is 10.4 Å². The first-order valence-corrected chi connectivity index (χ1v) is 11.4. The van der Waals surface area contributed by atoms with Gasteiger partial charge in [0.2, 0.25) is 0 Å². The molecular weight excluding hydrogens is 495 g/mol. The molecule has 0 spiro atoms. The first-order valence-electron chi connectivity index (χ1n) is 11.4. The zero-order valence-corrected chi connectivity index (χ0v) is 20.3. The van der Waals surface area contributed by atoms with Gasteiger partial charge in [0, 0.05) is 32.6 Å². The van der Waals surface area contributed by atoms with Gasteiger partial charge in [-0.05, 0) is 19.1 Å². The zero-order chi connectivity index (χ0) is 27.0. The van der Waals surface area contributed by atoms with E-state index in [1.54, 1.807) is 0 Å². The molecule has 0 radical (unpaired) electrons. The Morgan fingerprint density at radius 2 is 2.11 bits per heavy atom. The molecule has 4 rings (SSSR count). The lowest BCUT2D eigenvalue weighted by molar-refractivity contribution is -0.176. The molecule has 0 saturated carbocycles. The Balaban J connectivity index is 1.56. The van der Waals surface area contributed by atoms with Gasteiger partial charge in [0.15, 0.2) is 11.9 Å². The second-order valence-electron chi connectivity index (χ2n) is 8.85. The summed E-state index contributed by atoms with van der Waals surface area (Å²) in [5.41, 5.74) is -0.0474. The monoisotopic (exact) mass is 519 g/mol. The van der Waals surface area contributed by atoms with Gasteiger partial charge in [-0.1, -0.05) is 0 Å². The molecule has 2 unspecified atom stereocenters. The predicted octanol–water partition coefficient (Wildman–Crippen LogP) is 1.83. The van der Waals surface area contributed by atoms with Gasteiger partial charge in [0.1, 0.15) is 29.3 Å². The molecule has 0 aliphatic carbocycles. The fourth-order valence-corrected chi connectivity index (χ4v) is 4.33. The number of nitriles is 1. The number of alkyl halides is 1. The number of aromatic nitrogens is 2. The average molecular weight is 519 g/mol. The number of fused-ring (bicyclic) bond motifs is 3. The predicted molar refractivity (Wildman–Crippen MR) is 122 cm³/mol. The normalized spacial score (nSPS) is 17.9. The van der Waals surface area contributed by atoms with Crippen molar-refractivity contribution in [2.24, 2.45) is 0 Å². The van der Waals surface area contributed by atoms with Crippen LogP contribution in [0.5, 0.6) is 0 Å². The highest BCUT2D eigenvalue weighted by molar-refractivity contribution is 5.95. The molecule has 2 aliphatic rings. The molecule has 14 heteroatoms. The third kappa shape index (κ3) is 4.94. The summed E-state index contributed by atoms with van der Waals surface area (Å²) in [5.74, 6) is -3.35. The van der Waals surface area contributed by atoms with E-state index in [0.29, 0.717) is 11.3 Å². The number of nitrogens with one attached hydrogen (secondary N) is 1. The lowest BCUT2D eigenvalue weighted by Crippen LogP contribution is -2.44. The molecular formula is C23H24F3N7O4. The topological polar surface area (TPSA) is 124 Å². The molecule has 11 nitrogen and oxygen atoms in total. The maximum absolute atomic E-state index is 14.4. The zero-order valence-electron chi connectivity index (χ0n) is 20.3. The van der Waals surface area contributed by atoms with E-state index in [-0.39, 0.29) is 44.0 Å². The van der Waals surface area contributed by atoms with Crippen LogP contribution in [0.15, 0.2) is 12.1 Å². The van der Waals surface area contributed by atoms with Crippen molar-refractivity contribution < 1.29 is 32.4 Å². The summed E-state index contributed by atoms with van der Waals surface area (Å²) in [4.78, 5) is 46.8. The van der Waals surface area contributed by atoms with Gasteiger partial charge in [0.25, 0.3) is 11.8 Å². The minimum absolute atomic E-state index is 0.0537. The molecule has 37 heavy (non-hydrogen) atoms. The van der Waals surface area contributed by atoms with Crippen LogP contribution in [0, 0.1) is 23.0 Å². The Labute approximate surface area is 209 Å². The number of urea groups is 1. The van der Waals surface area contributed by atoms with E-state index in [0.717, 1.165) is 17.2 Å². The van der Waals surface area contributed by atoms with Gasteiger partial charge >= 0.3 is 6.03 Å². The Hall–Kier alpha value is -4.12. The Kier molecular flexibility index (Phi) is 7.08. The SMILES string of the molecule is CC(F)CN(C)C(=O)C1Cn2nc3c(c2C(=O)N(C)O1)CN(C(=O)Nc1ccc(F)c(C#N)c1F)CC3. The molecule has 2 aromatic rings. The number of hydroxylamine groups is 2. The van der Waals surface area contributed by atoms with Gasteiger partial charge in [-0.25, -0.2) is 23.0 Å². The number of likely N-dealkylation sites (N-methyl/N-ethyl adjacent to an activating group) is 1. The van der Waals surface area contributed by atoms with Crippen LogP contribution < -0.4 is 5.32 Å². The standard InChI is InChI=1S/C23H24F3N7O4/c1-12(24)9-30(2)21(34)18-11-33-20(22(35)31(3)37-18)14-10-32(7-6-16(14)29-33)23(36)28-17-5-4-15(25)13(8-27)19(17)26/h4-5,12,18H,6-7,9-11H2,1-3H3,(H,28,36). The number of amides is 4. The van der Waals surface area contributed by atoms with E-state index in [1.165, 1.54) is 41.6 Å². The molecule has 0 bridgehead atoms. The Bertz CT molecular complexity index is 1310. The quantitative estimate of drug-likeness (QED) is 0.658. The van der Waals surface area contributed by atoms with Crippen molar-refractivity contribution in [2.45, 2.75) is 38.7 Å². The van der Waals surface area contributed by atoms with Crippen LogP contribution in [0.25, 0.3) is 0 Å². The first kappa shape index (κ1) is 26.0. The molecule has 0 saturated heterocycles. The van der Waals surface area contributed by atoms with Gasteiger partial charge in [0.05, 0.1) is 31.0 Å². The highest BCUT2D eigenvalue weighted by atomic mass is 19.1. The summed E-state index contributed by atoms with van der Waals surface area (Å²) in [7, 11) is 2.77. The minimum atomic E-state index is -1.25. The maximum atomic E-state index is 14.4. The first-order chi connectivity index (χ1) is 17.5. The summed E-state index contributed by atoms with van der Waals surface area (Å²) in [6.45, 7) is 1.20. The third-order valence-corrected chi connectivity index (χ3v) is 6.12. The van der Waals surface area contributed by atoms with Crippen LogP contribution in [0.3, 0.4) is 0 Å². The van der Waals surface area contributed by atoms with Crippen molar-refractivity contribution in [2.75, 3.05) is 32.5 Å². The van der Waals surface area contributed by atoms with Crippen molar-refractivity contribution in [1.82, 2.24) is 24.6 Å². The molecule has 1 N–H and O–H groups in total. The number of carbonyl (C=O) groups is 3. The van der Waals surface area contributed by atoms with E-state index in [1.807, 2.05) is 0 Å². The molecule has 2 atom stereocenters. The van der Waals surface area contributed by atoms with Crippen LogP contribution in [-0.4, -0.2) is 81.9 Å². The number of rotatable bonds is 4. The summed E-state index contributed by atoms with van der Waals surface area (Å²) < 4.78 is 42.8. The van der Waals surface area contributed by atoms with E-state index in [9.17, 15) is 27.6 Å². The maximum Gasteiger partial charge on any atom is 0.322 e. The molecule has 4 amide bonds. The molecule has 2 aliphatic heterocycles. The van der Waals surface area contributed by atoms with Crippen molar-refractivity contribution in [3.63, 3.8) is 0 Å². The summed E-state index contributed by atoms with van der Waals surface area (Å²) in [6.07, 6.45) is -2.11. The van der Waals surface area contributed by atoms with E-state index in [4.69, 9.17) is 10.1 Å². The number of halogens is 3. The van der Waals surface area contributed by atoms with Gasteiger partial charge < -0.3 is 15.1 Å². The Morgan fingerprint density at radius 1 is 1.38 bits per heavy atom. The van der Waals surface area contributed by atoms with Crippen molar-refractivity contribution in [3.8, 4) is 6.07 Å². The van der Waals surface area contributed by atoms with E-state index < -0.39 is 47.3 Å². The molecule has 3 heterocycles. The van der Waals surface area contributed by atoms with Crippen molar-refractivity contribution >= 4 is 23.5 Å². The Morgan fingerprint density at radius 3 is 2.78 bits per heavy atom. The van der Waals surface area contributed by atoms with Crippen molar-refractivity contribution in [1.29, 1.82) is 5.26 Å². The van der Waals surface area contributed by atoms with E-state index in [2.05, 4.69) is 10.4 Å². The number of anilines is 1. The van der Waals surface area contributed by atoms with E-state index >= 15 is 0 Å². The molecule has 1 aromatic carbocycles. The molecule has 1 aromatic heterocycles. The minimum Gasteiger partial charge on any atom is -0.340 e. The van der Waals surface area contributed by atoms with Crippen LogP contribution in [0.2, 0.25) is 0 Å². The number of nitrogens with zero attached hydrogens (tertiary/aromatic N) is 6. The van der Waals surface area contributed by atoms with Crippen LogP contribution in [0.4, 0.5) is 23.7 Å². The van der Waals surface area contributed by atoms with Crippen LogP contribution in [-0.2, 0) is 29.1 Å². The summed E-state index contributed by atoms with van der Waals surface area (Å²) in [5, 5.41) is 16.7. The second kappa shape index (κ2) is 10.1. The number of hydrogen-bond acceptors (Lipinski definition) is 6. The number of benzene rings is 1. The van der Waals surface area contributed by atoms with Crippen LogP contribution in [0.1, 0.15) is 34.2 Å². The smallest absolute Gasteiger partial charge is 0.322 e. The molecule has 0 fully saturated rings. The number of hydrogen-bond donors (Lipinski definition) is 1. The highest BCUT2D eigenvalue weighted by Crippen LogP contribution is 2.28. The molecule has 196 valence electrons. The lowest BCUT2D eigenvalue weighted by Gasteiger charge is -2.27. The van der Waals surface area contributed by atoms with Crippen molar-refractivity contribution in [3.05, 3.63) is 46.3 Å². The highest BCUT2D eigenvalue weighted by Gasteiger charge is 2.38. The summed E-state index contributed by atoms with van der Waals surface area (Å²) >= 11 is 0. The van der Waals surface area contributed by atoms with Crippen LogP contribution >= 0.6 is 0 Å². The number of carbonyl (C=O) groups excluding carboxylic acids is 3. The average Bonchev–Trinajstić information content (AvgIpc) is 3.15. The van der Waals surface area contributed by atoms with Gasteiger partial charge in [-0.3, -0.25) is 19.1 Å². The third-order valence-electron chi connectivity index (χ3n) is 6.12. The largest absolute Gasteiger partial charge is 0.340 e. The fraction of sp³-hybridized carbons (Fsp3) is 0.435.